The van der Waals surface area contributed by atoms with E-state index < -0.39 is 11.6 Å². The van der Waals surface area contributed by atoms with Crippen LogP contribution in [0.15, 0.2) is 24.4 Å². The number of benzene rings is 1. The fourth-order valence-electron chi connectivity index (χ4n) is 1.40. The summed E-state index contributed by atoms with van der Waals surface area (Å²) in [6.45, 7) is 0. The quantitative estimate of drug-likeness (QED) is 0.939. The van der Waals surface area contributed by atoms with Crippen molar-refractivity contribution in [1.29, 1.82) is 0 Å². The van der Waals surface area contributed by atoms with Crippen molar-refractivity contribution in [1.82, 2.24) is 10.3 Å². The van der Waals surface area contributed by atoms with E-state index in [9.17, 15) is 13.6 Å². The van der Waals surface area contributed by atoms with Crippen LogP contribution in [0.1, 0.15) is 20.2 Å². The first-order chi connectivity index (χ1) is 9.11. The van der Waals surface area contributed by atoms with E-state index in [1.165, 1.54) is 48.9 Å². The third-order valence-electron chi connectivity index (χ3n) is 2.36. The predicted octanol–water partition coefficient (Wildman–Crippen LogP) is 2.95. The molecule has 1 amide bonds. The van der Waals surface area contributed by atoms with Gasteiger partial charge in [-0.2, -0.15) is 0 Å². The first kappa shape index (κ1) is 13.4. The van der Waals surface area contributed by atoms with Crippen molar-refractivity contribution in [3.05, 3.63) is 51.5 Å². The molecule has 3 nitrogen and oxygen atoms in total. The monoisotopic (exact) mass is 280 g/mol. The number of carbonyl (C=O) groups is 1. The molecule has 0 bridgehead atoms. The summed E-state index contributed by atoms with van der Waals surface area (Å²) in [5, 5.41) is 3.03. The molecule has 1 aromatic carbocycles. The number of nitrogens with one attached hydrogen (secondary N) is 1. The van der Waals surface area contributed by atoms with E-state index in [0.29, 0.717) is 9.88 Å². The number of hydrogen-bond acceptors (Lipinski definition) is 3. The van der Waals surface area contributed by atoms with E-state index in [4.69, 9.17) is 0 Å². The largest absolute Gasteiger partial charge is 0.354 e. The van der Waals surface area contributed by atoms with E-state index in [0.717, 1.165) is 6.07 Å². The number of aromatic nitrogens is 1. The van der Waals surface area contributed by atoms with Crippen LogP contribution in [0.2, 0.25) is 0 Å². The average molecular weight is 280 g/mol. The summed E-state index contributed by atoms with van der Waals surface area (Å²) in [7, 11) is 1.53. The summed E-state index contributed by atoms with van der Waals surface area (Å²) in [5.74, 6) is -2.02. The second-order valence-corrected chi connectivity index (χ2v) is 4.68. The van der Waals surface area contributed by atoms with Crippen LogP contribution in [0.25, 0.3) is 12.2 Å². The van der Waals surface area contributed by atoms with Crippen LogP contribution in [-0.4, -0.2) is 17.9 Å². The van der Waals surface area contributed by atoms with Crippen molar-refractivity contribution >= 4 is 29.4 Å². The number of rotatable bonds is 3. The molecule has 98 valence electrons. The Morgan fingerprint density at radius 3 is 2.89 bits per heavy atom. The SMILES string of the molecule is CNC(=O)c1cnc(/C=C/c2cccc(F)c2F)s1. The molecule has 1 N–H and O–H groups in total. The van der Waals surface area contributed by atoms with Crippen LogP contribution in [0, 0.1) is 11.6 Å². The molecule has 0 aliphatic heterocycles. The first-order valence-corrected chi connectivity index (χ1v) is 6.23. The molecule has 0 fully saturated rings. The lowest BCUT2D eigenvalue weighted by molar-refractivity contribution is 0.0967. The number of carbonyl (C=O) groups excluding carboxylic acids is 1. The van der Waals surface area contributed by atoms with E-state index in [1.54, 1.807) is 0 Å². The number of nitrogens with zero attached hydrogens (tertiary/aromatic N) is 1. The molecule has 1 aromatic heterocycles. The first-order valence-electron chi connectivity index (χ1n) is 5.42. The minimum atomic E-state index is -0.901. The Morgan fingerprint density at radius 1 is 1.37 bits per heavy atom. The summed E-state index contributed by atoms with van der Waals surface area (Å²) in [5.41, 5.74) is 0.136. The van der Waals surface area contributed by atoms with Gasteiger partial charge in [0.1, 0.15) is 9.88 Å². The van der Waals surface area contributed by atoms with Gasteiger partial charge < -0.3 is 5.32 Å². The Balaban J connectivity index is 2.21. The maximum atomic E-state index is 13.4. The van der Waals surface area contributed by atoms with Crippen molar-refractivity contribution in [3.63, 3.8) is 0 Å². The van der Waals surface area contributed by atoms with Gasteiger partial charge in [0.25, 0.3) is 5.91 Å². The molecule has 0 spiro atoms. The van der Waals surface area contributed by atoms with Gasteiger partial charge in [0, 0.05) is 12.6 Å². The summed E-state index contributed by atoms with van der Waals surface area (Å²) in [6.07, 6.45) is 4.39. The molecule has 0 unspecified atom stereocenters. The normalized spacial score (nSPS) is 10.9. The van der Waals surface area contributed by atoms with Gasteiger partial charge in [-0.1, -0.05) is 12.1 Å². The van der Waals surface area contributed by atoms with Gasteiger partial charge in [-0.15, -0.1) is 11.3 Å². The van der Waals surface area contributed by atoms with Crippen LogP contribution in [-0.2, 0) is 0 Å². The highest BCUT2D eigenvalue weighted by Crippen LogP contribution is 2.18. The van der Waals surface area contributed by atoms with E-state index in [-0.39, 0.29) is 11.5 Å². The van der Waals surface area contributed by atoms with Gasteiger partial charge in [-0.3, -0.25) is 4.79 Å². The molecular weight excluding hydrogens is 270 g/mol. The van der Waals surface area contributed by atoms with Crippen LogP contribution < -0.4 is 5.32 Å². The summed E-state index contributed by atoms with van der Waals surface area (Å²) >= 11 is 1.17. The second-order valence-electron chi connectivity index (χ2n) is 3.62. The van der Waals surface area contributed by atoms with Gasteiger partial charge in [-0.25, -0.2) is 13.8 Å². The molecule has 6 heteroatoms. The third-order valence-corrected chi connectivity index (χ3v) is 3.32. The van der Waals surface area contributed by atoms with Crippen molar-refractivity contribution < 1.29 is 13.6 Å². The van der Waals surface area contributed by atoms with Gasteiger partial charge in [0.15, 0.2) is 11.6 Å². The van der Waals surface area contributed by atoms with Crippen molar-refractivity contribution in [2.24, 2.45) is 0 Å². The van der Waals surface area contributed by atoms with Crippen LogP contribution >= 0.6 is 11.3 Å². The Labute approximate surface area is 112 Å². The molecule has 0 aliphatic rings. The van der Waals surface area contributed by atoms with Gasteiger partial charge in [0.2, 0.25) is 0 Å². The summed E-state index contributed by atoms with van der Waals surface area (Å²) < 4.78 is 26.4. The van der Waals surface area contributed by atoms with E-state index in [1.807, 2.05) is 0 Å². The highest BCUT2D eigenvalue weighted by molar-refractivity contribution is 7.14. The molecule has 2 rings (SSSR count). The molecule has 19 heavy (non-hydrogen) atoms. The molecule has 0 saturated carbocycles. The zero-order valence-corrected chi connectivity index (χ0v) is 10.8. The minimum absolute atomic E-state index is 0.136. The lowest BCUT2D eigenvalue weighted by Crippen LogP contribution is -2.16. The topological polar surface area (TPSA) is 42.0 Å². The van der Waals surface area contributed by atoms with Crippen molar-refractivity contribution in [2.75, 3.05) is 7.05 Å². The Morgan fingerprint density at radius 2 is 2.16 bits per heavy atom. The van der Waals surface area contributed by atoms with Gasteiger partial charge in [-0.05, 0) is 18.2 Å². The third kappa shape index (κ3) is 3.03. The highest BCUT2D eigenvalue weighted by Gasteiger charge is 2.08. The summed E-state index contributed by atoms with van der Waals surface area (Å²) in [4.78, 5) is 15.8. The zero-order chi connectivity index (χ0) is 13.8. The molecule has 1 heterocycles. The lowest BCUT2D eigenvalue weighted by Gasteiger charge is -1.96. The van der Waals surface area contributed by atoms with Crippen LogP contribution in [0.4, 0.5) is 8.78 Å². The van der Waals surface area contributed by atoms with Crippen LogP contribution in [0.5, 0.6) is 0 Å². The molecular formula is C13H10F2N2OS. The fraction of sp³-hybridized carbons (Fsp3) is 0.0769. The Kier molecular flexibility index (Phi) is 4.01. The number of amides is 1. The Bertz CT molecular complexity index is 637. The average Bonchev–Trinajstić information content (AvgIpc) is 2.88. The molecule has 2 aromatic rings. The molecule has 0 aliphatic carbocycles. The smallest absolute Gasteiger partial charge is 0.262 e. The number of thiazole rings is 1. The van der Waals surface area contributed by atoms with Gasteiger partial charge in [0.05, 0.1) is 6.20 Å². The standard InChI is InChI=1S/C13H10F2N2OS/c1-16-13(18)10-7-17-11(19-10)6-5-8-3-2-4-9(14)12(8)15/h2-7H,1H3,(H,16,18)/b6-5+. The maximum absolute atomic E-state index is 13.4. The van der Waals surface area contributed by atoms with E-state index in [2.05, 4.69) is 10.3 Å². The van der Waals surface area contributed by atoms with E-state index >= 15 is 0 Å². The fourth-order valence-corrected chi connectivity index (χ4v) is 2.17. The van der Waals surface area contributed by atoms with Crippen LogP contribution in [0.3, 0.4) is 0 Å². The molecule has 0 radical (unpaired) electrons. The Hall–Kier alpha value is -2.08. The lowest BCUT2D eigenvalue weighted by atomic mass is 10.2. The minimum Gasteiger partial charge on any atom is -0.354 e. The summed E-state index contributed by atoms with van der Waals surface area (Å²) in [6, 6.07) is 3.94. The predicted molar refractivity (Wildman–Crippen MR) is 70.8 cm³/mol. The number of hydrogen-bond donors (Lipinski definition) is 1. The molecule has 0 saturated heterocycles. The van der Waals surface area contributed by atoms with Gasteiger partial charge >= 0.3 is 0 Å². The van der Waals surface area contributed by atoms with Crippen molar-refractivity contribution in [3.8, 4) is 0 Å². The second kappa shape index (κ2) is 5.71. The molecule has 0 atom stereocenters. The highest BCUT2D eigenvalue weighted by atomic mass is 32.1. The number of halogens is 2. The zero-order valence-electron chi connectivity index (χ0n) is 9.98. The maximum Gasteiger partial charge on any atom is 0.262 e. The van der Waals surface area contributed by atoms with Crippen molar-refractivity contribution in [2.45, 2.75) is 0 Å².